The molecule has 1 aliphatic heterocycles. The first-order valence-corrected chi connectivity index (χ1v) is 9.35. The molecule has 8 heteroatoms. The van der Waals surface area contributed by atoms with Gasteiger partial charge in [-0.3, -0.25) is 4.79 Å². The third-order valence-electron chi connectivity index (χ3n) is 4.88. The highest BCUT2D eigenvalue weighted by atomic mass is 35.5. The van der Waals surface area contributed by atoms with Crippen molar-refractivity contribution in [3.05, 3.63) is 22.2 Å². The van der Waals surface area contributed by atoms with Crippen molar-refractivity contribution >= 4 is 51.6 Å². The van der Waals surface area contributed by atoms with E-state index in [2.05, 4.69) is 4.98 Å². The molecule has 1 aromatic heterocycles. The first-order valence-electron chi connectivity index (χ1n) is 8.15. The van der Waals surface area contributed by atoms with Crippen LogP contribution in [-0.4, -0.2) is 48.2 Å². The van der Waals surface area contributed by atoms with Gasteiger partial charge < -0.3 is 14.2 Å². The van der Waals surface area contributed by atoms with Gasteiger partial charge in [0.15, 0.2) is 0 Å². The molecule has 5 nitrogen and oxygen atoms in total. The number of rotatable bonds is 3. The third kappa shape index (κ3) is 3.30. The summed E-state index contributed by atoms with van der Waals surface area (Å²) < 4.78 is 13.1. The number of amides is 1. The Labute approximate surface area is 157 Å². The standard InChI is InChI=1S/C17H22BClN2O3S/c1-16(2)17(3,4)24-18(23-16)10-7-8-11-15(14(10)19)25-12(20-11)9-13(22)21(5)6/h7-8H,9H2,1-6H3. The molecule has 2 heterocycles. The number of carbonyl (C=O) groups excluding carboxylic acids is 1. The summed E-state index contributed by atoms with van der Waals surface area (Å²) in [5, 5.41) is 1.33. The van der Waals surface area contributed by atoms with E-state index in [9.17, 15) is 4.79 Å². The van der Waals surface area contributed by atoms with E-state index in [4.69, 9.17) is 20.9 Å². The van der Waals surface area contributed by atoms with E-state index in [1.54, 1.807) is 19.0 Å². The third-order valence-corrected chi connectivity index (χ3v) is 6.49. The molecule has 0 N–H and O–H groups in total. The molecular formula is C17H22BClN2O3S. The zero-order valence-corrected chi connectivity index (χ0v) is 16.9. The van der Waals surface area contributed by atoms with Gasteiger partial charge in [-0.1, -0.05) is 17.7 Å². The van der Waals surface area contributed by atoms with E-state index >= 15 is 0 Å². The average molecular weight is 381 g/mol. The molecule has 0 aliphatic carbocycles. The molecule has 0 bridgehead atoms. The van der Waals surface area contributed by atoms with Crippen LogP contribution in [0.3, 0.4) is 0 Å². The average Bonchev–Trinajstić information content (AvgIpc) is 2.98. The number of halogens is 1. The monoisotopic (exact) mass is 380 g/mol. The fourth-order valence-corrected chi connectivity index (χ4v) is 3.90. The summed E-state index contributed by atoms with van der Waals surface area (Å²) in [6.45, 7) is 8.04. The highest BCUT2D eigenvalue weighted by Crippen LogP contribution is 2.38. The van der Waals surface area contributed by atoms with Crippen LogP contribution < -0.4 is 5.46 Å². The number of hydrogen-bond donors (Lipinski definition) is 0. The van der Waals surface area contributed by atoms with Gasteiger partial charge in [0, 0.05) is 19.6 Å². The number of fused-ring (bicyclic) bond motifs is 1. The summed E-state index contributed by atoms with van der Waals surface area (Å²) in [5.74, 6) is 0.0151. The lowest BCUT2D eigenvalue weighted by Gasteiger charge is -2.32. The van der Waals surface area contributed by atoms with E-state index in [0.29, 0.717) is 5.02 Å². The molecule has 0 radical (unpaired) electrons. The van der Waals surface area contributed by atoms with Crippen molar-refractivity contribution in [3.8, 4) is 0 Å². The molecule has 134 valence electrons. The number of nitrogens with zero attached hydrogens (tertiary/aromatic N) is 2. The summed E-state index contributed by atoms with van der Waals surface area (Å²) in [6.07, 6.45) is 0.272. The van der Waals surface area contributed by atoms with E-state index in [-0.39, 0.29) is 12.3 Å². The van der Waals surface area contributed by atoms with E-state index in [1.165, 1.54) is 11.3 Å². The lowest BCUT2D eigenvalue weighted by Crippen LogP contribution is -2.41. The van der Waals surface area contributed by atoms with Gasteiger partial charge in [0.05, 0.1) is 32.9 Å². The lowest BCUT2D eigenvalue weighted by molar-refractivity contribution is -0.127. The summed E-state index contributed by atoms with van der Waals surface area (Å²) in [5.41, 5.74) is 0.735. The van der Waals surface area contributed by atoms with Crippen LogP contribution in [0.4, 0.5) is 0 Å². The minimum atomic E-state index is -0.518. The van der Waals surface area contributed by atoms with E-state index in [1.807, 2.05) is 39.8 Å². The number of benzene rings is 1. The van der Waals surface area contributed by atoms with Crippen molar-refractivity contribution in [1.82, 2.24) is 9.88 Å². The largest absolute Gasteiger partial charge is 0.496 e. The van der Waals surface area contributed by atoms with Gasteiger partial charge >= 0.3 is 7.12 Å². The van der Waals surface area contributed by atoms with Crippen LogP contribution in [0, 0.1) is 0 Å². The molecule has 1 aliphatic rings. The highest BCUT2D eigenvalue weighted by molar-refractivity contribution is 7.19. The number of hydrogen-bond acceptors (Lipinski definition) is 5. The van der Waals surface area contributed by atoms with Gasteiger partial charge in [-0.15, -0.1) is 11.3 Å². The first kappa shape index (κ1) is 18.6. The maximum atomic E-state index is 11.9. The second-order valence-electron chi connectivity index (χ2n) is 7.48. The summed E-state index contributed by atoms with van der Waals surface area (Å²) in [6, 6.07) is 3.80. The van der Waals surface area contributed by atoms with Crippen molar-refractivity contribution < 1.29 is 14.1 Å². The molecule has 1 aromatic carbocycles. The Morgan fingerprint density at radius 2 is 1.84 bits per heavy atom. The minimum Gasteiger partial charge on any atom is -0.399 e. The molecule has 0 saturated carbocycles. The van der Waals surface area contributed by atoms with Gasteiger partial charge in [-0.25, -0.2) is 4.98 Å². The van der Waals surface area contributed by atoms with E-state index < -0.39 is 18.3 Å². The Bertz CT molecular complexity index is 819. The number of thiazole rings is 1. The predicted octanol–water partition coefficient (Wildman–Crippen LogP) is 2.88. The van der Waals surface area contributed by atoms with Crippen LogP contribution in [0.25, 0.3) is 10.2 Å². The molecule has 1 saturated heterocycles. The van der Waals surface area contributed by atoms with Gasteiger partial charge in [0.1, 0.15) is 5.01 Å². The molecule has 1 fully saturated rings. The van der Waals surface area contributed by atoms with Crippen molar-refractivity contribution in [2.45, 2.75) is 45.3 Å². The summed E-state index contributed by atoms with van der Waals surface area (Å²) in [4.78, 5) is 18.0. The Kier molecular flexibility index (Phi) is 4.65. The molecule has 0 unspecified atom stereocenters. The Morgan fingerprint density at radius 3 is 2.40 bits per heavy atom. The van der Waals surface area contributed by atoms with Gasteiger partial charge in [-0.2, -0.15) is 0 Å². The van der Waals surface area contributed by atoms with Crippen molar-refractivity contribution in [3.63, 3.8) is 0 Å². The SMILES string of the molecule is CN(C)C(=O)Cc1nc2ccc(B3OC(C)(C)C(C)(C)O3)c(Cl)c2s1. The lowest BCUT2D eigenvalue weighted by atomic mass is 9.79. The molecule has 25 heavy (non-hydrogen) atoms. The van der Waals surface area contributed by atoms with Gasteiger partial charge in [0.2, 0.25) is 5.91 Å². The highest BCUT2D eigenvalue weighted by Gasteiger charge is 2.52. The van der Waals surface area contributed by atoms with Crippen LogP contribution in [0.2, 0.25) is 5.02 Å². The fourth-order valence-electron chi connectivity index (χ4n) is 2.54. The van der Waals surface area contributed by atoms with Crippen LogP contribution in [0.15, 0.2) is 12.1 Å². The topological polar surface area (TPSA) is 51.7 Å². The first-order chi connectivity index (χ1) is 11.5. The molecule has 1 amide bonds. The smallest absolute Gasteiger partial charge is 0.399 e. The summed E-state index contributed by atoms with van der Waals surface area (Å²) >= 11 is 8.08. The predicted molar refractivity (Wildman–Crippen MR) is 103 cm³/mol. The second-order valence-corrected chi connectivity index (χ2v) is 8.94. The zero-order valence-electron chi connectivity index (χ0n) is 15.3. The second kappa shape index (κ2) is 6.23. The van der Waals surface area contributed by atoms with Gasteiger partial charge in [0.25, 0.3) is 0 Å². The fraction of sp³-hybridized carbons (Fsp3) is 0.529. The van der Waals surface area contributed by atoms with Crippen LogP contribution in [0.1, 0.15) is 32.7 Å². The maximum absolute atomic E-state index is 11.9. The van der Waals surface area contributed by atoms with Crippen molar-refractivity contribution in [2.75, 3.05) is 14.1 Å². The quantitative estimate of drug-likeness (QED) is 0.768. The normalized spacial score (nSPS) is 18.8. The van der Waals surface area contributed by atoms with Crippen LogP contribution in [0.5, 0.6) is 0 Å². The zero-order chi connectivity index (χ0) is 18.6. The Hall–Kier alpha value is -1.15. The number of likely N-dealkylation sites (N-methyl/N-ethyl adjacent to an activating group) is 1. The molecule has 0 atom stereocenters. The Morgan fingerprint density at radius 1 is 1.24 bits per heavy atom. The van der Waals surface area contributed by atoms with E-state index in [0.717, 1.165) is 20.7 Å². The number of carbonyl (C=O) groups is 1. The molecule has 0 spiro atoms. The van der Waals surface area contributed by atoms with Crippen LogP contribution in [-0.2, 0) is 20.5 Å². The molecule has 2 aromatic rings. The molecular weight excluding hydrogens is 359 g/mol. The Balaban J connectivity index is 1.94. The van der Waals surface area contributed by atoms with Crippen molar-refractivity contribution in [1.29, 1.82) is 0 Å². The maximum Gasteiger partial charge on any atom is 0.496 e. The number of aromatic nitrogens is 1. The van der Waals surface area contributed by atoms with Crippen molar-refractivity contribution in [2.24, 2.45) is 0 Å². The van der Waals surface area contributed by atoms with Crippen LogP contribution >= 0.6 is 22.9 Å². The molecule has 3 rings (SSSR count). The summed E-state index contributed by atoms with van der Waals surface area (Å²) in [7, 11) is 2.95. The minimum absolute atomic E-state index is 0.0151. The van der Waals surface area contributed by atoms with Gasteiger partial charge in [-0.05, 0) is 33.8 Å².